The van der Waals surface area contributed by atoms with Crippen molar-refractivity contribution in [3.8, 4) is 0 Å². The van der Waals surface area contributed by atoms with Crippen LogP contribution in [-0.2, 0) is 11.2 Å². The number of halogens is 3. The third-order valence-corrected chi connectivity index (χ3v) is 8.01. The van der Waals surface area contributed by atoms with Crippen LogP contribution in [0.15, 0.2) is 72.3 Å². The van der Waals surface area contributed by atoms with Crippen LogP contribution in [0.1, 0.15) is 71.8 Å². The molecule has 0 spiro atoms. The van der Waals surface area contributed by atoms with E-state index in [0.717, 1.165) is 12.5 Å². The molecule has 1 aromatic heterocycles. The van der Waals surface area contributed by atoms with Gasteiger partial charge in [0.2, 0.25) is 0 Å². The number of benzene rings is 2. The van der Waals surface area contributed by atoms with Gasteiger partial charge in [-0.3, -0.25) is 9.59 Å². The van der Waals surface area contributed by atoms with E-state index in [-0.39, 0.29) is 18.2 Å². The number of aryl methyl sites for hydroxylation is 1. The van der Waals surface area contributed by atoms with Crippen LogP contribution < -0.4 is 0 Å². The molecule has 41 heavy (non-hydrogen) atoms. The van der Waals surface area contributed by atoms with Crippen molar-refractivity contribution in [1.29, 1.82) is 0 Å². The smallest absolute Gasteiger partial charge is 0.416 e. The second-order valence-electron chi connectivity index (χ2n) is 10.9. The molecule has 3 aromatic rings. The van der Waals surface area contributed by atoms with Gasteiger partial charge in [-0.15, -0.1) is 0 Å². The first-order valence-corrected chi connectivity index (χ1v) is 13.9. The molecule has 1 aliphatic heterocycles. The van der Waals surface area contributed by atoms with Gasteiger partial charge in [-0.1, -0.05) is 55.5 Å². The highest BCUT2D eigenvalue weighted by atomic mass is 19.4. The molecule has 2 aromatic carbocycles. The van der Waals surface area contributed by atoms with Crippen LogP contribution in [0, 0.1) is 5.92 Å². The molecule has 0 radical (unpaired) electrons. The first kappa shape index (κ1) is 28.5. The normalized spacial score (nSPS) is 19.8. The molecule has 214 valence electrons. The summed E-state index contributed by atoms with van der Waals surface area (Å²) < 4.78 is 39.5. The number of carboxylic acid groups (broad SMARTS) is 1. The van der Waals surface area contributed by atoms with Crippen molar-refractivity contribution >= 4 is 22.9 Å². The van der Waals surface area contributed by atoms with Gasteiger partial charge in [0.25, 0.3) is 5.91 Å². The van der Waals surface area contributed by atoms with Crippen molar-refractivity contribution in [2.24, 2.45) is 5.92 Å². The van der Waals surface area contributed by atoms with Crippen LogP contribution in [0.2, 0.25) is 0 Å². The number of aromatic nitrogens is 2. The van der Waals surface area contributed by atoms with Crippen molar-refractivity contribution in [1.82, 2.24) is 14.9 Å². The van der Waals surface area contributed by atoms with Crippen molar-refractivity contribution < 1.29 is 27.9 Å². The number of rotatable bonds is 8. The summed E-state index contributed by atoms with van der Waals surface area (Å²) in [5.74, 6) is -1.57. The first-order chi connectivity index (χ1) is 19.6. The Labute approximate surface area is 236 Å². The number of carbonyl (C=O) groups excluding carboxylic acids is 1. The maximum absolute atomic E-state index is 13.4. The Morgan fingerprint density at radius 1 is 1.10 bits per heavy atom. The van der Waals surface area contributed by atoms with E-state index in [9.17, 15) is 27.9 Å². The number of carboxylic acids is 1. The molecular formula is C32H32F3N3O3. The summed E-state index contributed by atoms with van der Waals surface area (Å²) in [6.45, 7) is 2.94. The summed E-state index contributed by atoms with van der Waals surface area (Å²) in [7, 11) is 0. The maximum atomic E-state index is 13.4. The van der Waals surface area contributed by atoms with Gasteiger partial charge in [0, 0.05) is 30.5 Å². The lowest BCUT2D eigenvalue weighted by Crippen LogP contribution is -2.28. The summed E-state index contributed by atoms with van der Waals surface area (Å²) in [4.78, 5) is 36.2. The standard InChI is InChI=1S/C32H32F3N3O3/c1-20(31(40)41)6-5-9-27-29(22-10-13-25(14-11-22)32(33,34)35)37-26-15-12-23(18-28(26)36-27)30(39)38-17-16-24(19-38)21-7-3-2-4-8-21/h2-4,7-8,10,12-15,18,20,22,24H,5-6,9,11,16-17,19H2,1H3,(H,40,41). The predicted molar refractivity (Wildman–Crippen MR) is 150 cm³/mol. The quantitative estimate of drug-likeness (QED) is 0.325. The zero-order valence-electron chi connectivity index (χ0n) is 22.8. The van der Waals surface area contributed by atoms with Gasteiger partial charge >= 0.3 is 12.1 Å². The average molecular weight is 564 g/mol. The molecule has 1 amide bonds. The fourth-order valence-electron chi connectivity index (χ4n) is 5.58. The highest BCUT2D eigenvalue weighted by molar-refractivity contribution is 5.97. The number of allylic oxidation sites excluding steroid dienone is 4. The first-order valence-electron chi connectivity index (χ1n) is 13.9. The summed E-state index contributed by atoms with van der Waals surface area (Å²) in [5.41, 5.74) is 3.33. The second kappa shape index (κ2) is 11.8. The Morgan fingerprint density at radius 2 is 1.88 bits per heavy atom. The number of alkyl halides is 3. The maximum Gasteiger partial charge on any atom is 0.416 e. The molecule has 0 saturated carbocycles. The van der Waals surface area contributed by atoms with Crippen molar-refractivity contribution in [2.75, 3.05) is 13.1 Å². The Balaban J connectivity index is 1.40. The third kappa shape index (κ3) is 6.50. The predicted octanol–water partition coefficient (Wildman–Crippen LogP) is 6.84. The minimum absolute atomic E-state index is 0.0759. The fraction of sp³-hybridized carbons (Fsp3) is 0.375. The highest BCUT2D eigenvalue weighted by Crippen LogP contribution is 2.35. The van der Waals surface area contributed by atoms with Crippen LogP contribution in [0.25, 0.3) is 11.0 Å². The molecule has 9 heteroatoms. The van der Waals surface area contributed by atoms with Crippen molar-refractivity contribution in [3.63, 3.8) is 0 Å². The van der Waals surface area contributed by atoms with E-state index in [1.54, 1.807) is 25.1 Å². The lowest BCUT2D eigenvalue weighted by molar-refractivity contribution is -0.141. The zero-order valence-corrected chi connectivity index (χ0v) is 22.8. The summed E-state index contributed by atoms with van der Waals surface area (Å²) in [5, 5.41) is 9.25. The van der Waals surface area contributed by atoms with Gasteiger partial charge < -0.3 is 10.0 Å². The molecule has 3 atom stereocenters. The lowest BCUT2D eigenvalue weighted by Gasteiger charge is -2.21. The molecule has 1 N–H and O–H groups in total. The SMILES string of the molecule is CC(CCCc1nc2cc(C(=O)N3CCC(c4ccccc4)C3)ccc2nc1C1C=CC(C(F)(F)F)=CC1)C(=O)O. The van der Waals surface area contributed by atoms with E-state index in [0.29, 0.717) is 66.3 Å². The second-order valence-corrected chi connectivity index (χ2v) is 10.9. The largest absolute Gasteiger partial charge is 0.481 e. The highest BCUT2D eigenvalue weighted by Gasteiger charge is 2.34. The van der Waals surface area contributed by atoms with Crippen LogP contribution in [-0.4, -0.2) is 51.1 Å². The van der Waals surface area contributed by atoms with E-state index in [4.69, 9.17) is 9.97 Å². The van der Waals surface area contributed by atoms with E-state index >= 15 is 0 Å². The van der Waals surface area contributed by atoms with Gasteiger partial charge in [0.15, 0.2) is 0 Å². The summed E-state index contributed by atoms with van der Waals surface area (Å²) in [6, 6.07) is 15.4. The number of fused-ring (bicyclic) bond motifs is 1. The number of hydrogen-bond donors (Lipinski definition) is 1. The molecule has 0 bridgehead atoms. The monoisotopic (exact) mass is 563 g/mol. The molecule has 1 aliphatic carbocycles. The van der Waals surface area contributed by atoms with Crippen LogP contribution >= 0.6 is 0 Å². The molecule has 1 saturated heterocycles. The Bertz CT molecular complexity index is 1500. The van der Waals surface area contributed by atoms with E-state index in [1.807, 2.05) is 23.1 Å². The van der Waals surface area contributed by atoms with Gasteiger partial charge in [0.05, 0.1) is 33.9 Å². The van der Waals surface area contributed by atoms with Gasteiger partial charge in [-0.05, 0) is 55.9 Å². The van der Waals surface area contributed by atoms with Crippen LogP contribution in [0.4, 0.5) is 13.2 Å². The van der Waals surface area contributed by atoms with Gasteiger partial charge in [-0.2, -0.15) is 13.2 Å². The van der Waals surface area contributed by atoms with Gasteiger partial charge in [0.1, 0.15) is 0 Å². The van der Waals surface area contributed by atoms with E-state index < -0.39 is 23.6 Å². The van der Waals surface area contributed by atoms with E-state index in [1.165, 1.54) is 17.7 Å². The Hall–Kier alpha value is -4.01. The van der Waals surface area contributed by atoms with Crippen molar-refractivity contribution in [3.05, 3.63) is 94.8 Å². The van der Waals surface area contributed by atoms with E-state index in [2.05, 4.69) is 12.1 Å². The zero-order chi connectivity index (χ0) is 29.1. The van der Waals surface area contributed by atoms with Crippen LogP contribution in [0.5, 0.6) is 0 Å². The number of aliphatic carboxylic acids is 1. The fourth-order valence-corrected chi connectivity index (χ4v) is 5.58. The Kier molecular flexibility index (Phi) is 8.24. The van der Waals surface area contributed by atoms with Crippen molar-refractivity contribution in [2.45, 2.75) is 57.0 Å². The molecule has 2 heterocycles. The number of likely N-dealkylation sites (tertiary alicyclic amines) is 1. The topological polar surface area (TPSA) is 83.4 Å². The number of nitrogens with zero attached hydrogens (tertiary/aromatic N) is 3. The average Bonchev–Trinajstić information content (AvgIpc) is 3.46. The summed E-state index contributed by atoms with van der Waals surface area (Å²) >= 11 is 0. The third-order valence-electron chi connectivity index (χ3n) is 8.01. The summed E-state index contributed by atoms with van der Waals surface area (Å²) in [6.07, 6.45) is 1.78. The molecular weight excluding hydrogens is 531 g/mol. The molecule has 6 nitrogen and oxygen atoms in total. The van der Waals surface area contributed by atoms with Gasteiger partial charge in [-0.25, -0.2) is 9.97 Å². The number of amides is 1. The molecule has 3 unspecified atom stereocenters. The lowest BCUT2D eigenvalue weighted by atomic mass is 9.90. The van der Waals surface area contributed by atoms with Crippen LogP contribution in [0.3, 0.4) is 0 Å². The Morgan fingerprint density at radius 3 is 2.56 bits per heavy atom. The minimum atomic E-state index is -4.41. The molecule has 5 rings (SSSR count). The minimum Gasteiger partial charge on any atom is -0.481 e. The number of carbonyl (C=O) groups is 2. The molecule has 2 aliphatic rings. The molecule has 1 fully saturated rings. The number of hydrogen-bond acceptors (Lipinski definition) is 4.